The zero-order valence-electron chi connectivity index (χ0n) is 11.8. The molecular formula is C18H19N. The molecule has 2 rings (SSSR count). The van der Waals surface area contributed by atoms with E-state index in [1.54, 1.807) is 0 Å². The molecule has 0 aliphatic carbocycles. The summed E-state index contributed by atoms with van der Waals surface area (Å²) >= 11 is 0. The summed E-state index contributed by atoms with van der Waals surface area (Å²) in [7, 11) is 0. The highest BCUT2D eigenvalue weighted by atomic mass is 14.3. The monoisotopic (exact) mass is 249 g/mol. The predicted octanol–water partition coefficient (Wildman–Crippen LogP) is 4.46. The molecule has 0 N–H and O–H groups in total. The van der Waals surface area contributed by atoms with Crippen LogP contribution in [0.5, 0.6) is 0 Å². The van der Waals surface area contributed by atoms with E-state index in [1.807, 2.05) is 12.1 Å². The Labute approximate surface area is 115 Å². The molecule has 1 heteroatoms. The van der Waals surface area contributed by atoms with Gasteiger partial charge in [0.2, 0.25) is 0 Å². The number of benzene rings is 2. The van der Waals surface area contributed by atoms with Crippen molar-refractivity contribution in [1.29, 1.82) is 5.26 Å². The van der Waals surface area contributed by atoms with Crippen LogP contribution in [0.4, 0.5) is 0 Å². The fraction of sp³-hybridized carbons (Fsp3) is 0.278. The quantitative estimate of drug-likeness (QED) is 0.787. The van der Waals surface area contributed by atoms with Gasteiger partial charge in [-0.25, -0.2) is 0 Å². The van der Waals surface area contributed by atoms with Crippen molar-refractivity contribution in [2.45, 2.75) is 33.1 Å². The summed E-state index contributed by atoms with van der Waals surface area (Å²) in [6.45, 7) is 6.28. The lowest BCUT2D eigenvalue weighted by atomic mass is 9.88. The van der Waals surface area contributed by atoms with Gasteiger partial charge in [0.25, 0.3) is 0 Å². The number of hydrogen-bond donors (Lipinski definition) is 0. The number of nitriles is 1. The standard InChI is InChI=1S/C18H19N/c1-13-8-9-14(2)16(10-13)11-17(12-19)18-7-5-4-6-15(18)3/h4-10,17H,11H2,1-3H3. The van der Waals surface area contributed by atoms with Crippen LogP contribution in [0.1, 0.15) is 33.7 Å². The Balaban J connectivity index is 2.33. The van der Waals surface area contributed by atoms with Crippen molar-refractivity contribution in [3.05, 3.63) is 70.3 Å². The summed E-state index contributed by atoms with van der Waals surface area (Å²) in [5.41, 5.74) is 6.13. The van der Waals surface area contributed by atoms with Gasteiger partial charge in [-0.1, -0.05) is 48.0 Å². The molecule has 0 bridgehead atoms. The highest BCUT2D eigenvalue weighted by molar-refractivity contribution is 5.37. The first-order valence-corrected chi connectivity index (χ1v) is 6.63. The van der Waals surface area contributed by atoms with Crippen LogP contribution in [-0.4, -0.2) is 0 Å². The Morgan fingerprint density at radius 2 is 1.74 bits per heavy atom. The number of hydrogen-bond acceptors (Lipinski definition) is 1. The van der Waals surface area contributed by atoms with E-state index >= 15 is 0 Å². The average Bonchev–Trinajstić information content (AvgIpc) is 2.41. The molecule has 0 amide bonds. The third kappa shape index (κ3) is 3.03. The predicted molar refractivity (Wildman–Crippen MR) is 79.2 cm³/mol. The summed E-state index contributed by atoms with van der Waals surface area (Å²) in [4.78, 5) is 0. The second-order valence-corrected chi connectivity index (χ2v) is 5.17. The van der Waals surface area contributed by atoms with Gasteiger partial charge in [0.05, 0.1) is 12.0 Å². The van der Waals surface area contributed by atoms with E-state index in [9.17, 15) is 5.26 Å². The lowest BCUT2D eigenvalue weighted by Gasteiger charge is -2.14. The van der Waals surface area contributed by atoms with Crippen LogP contribution in [0.15, 0.2) is 42.5 Å². The summed E-state index contributed by atoms with van der Waals surface area (Å²) in [6.07, 6.45) is 0.787. The smallest absolute Gasteiger partial charge is 0.0755 e. The molecule has 0 aromatic heterocycles. The third-order valence-electron chi connectivity index (χ3n) is 3.65. The van der Waals surface area contributed by atoms with E-state index in [4.69, 9.17) is 0 Å². The SMILES string of the molecule is Cc1ccc(C)c(CC(C#N)c2ccccc2C)c1. The number of nitrogens with zero attached hydrogens (tertiary/aromatic N) is 1. The van der Waals surface area contributed by atoms with E-state index in [0.29, 0.717) is 0 Å². The Hall–Kier alpha value is -2.07. The maximum Gasteiger partial charge on any atom is 0.0755 e. The zero-order valence-corrected chi connectivity index (χ0v) is 11.8. The molecule has 96 valence electrons. The molecule has 0 spiro atoms. The molecule has 1 unspecified atom stereocenters. The Morgan fingerprint density at radius 3 is 2.42 bits per heavy atom. The highest BCUT2D eigenvalue weighted by Gasteiger charge is 2.14. The van der Waals surface area contributed by atoms with Crippen molar-refractivity contribution < 1.29 is 0 Å². The van der Waals surface area contributed by atoms with Gasteiger partial charge < -0.3 is 0 Å². The number of aryl methyl sites for hydroxylation is 3. The molecule has 1 nitrogen and oxygen atoms in total. The van der Waals surface area contributed by atoms with Gasteiger partial charge in [0, 0.05) is 0 Å². The Bertz CT molecular complexity index is 620. The Kier molecular flexibility index (Phi) is 4.02. The van der Waals surface area contributed by atoms with Gasteiger partial charge in [-0.2, -0.15) is 5.26 Å². The van der Waals surface area contributed by atoms with Crippen molar-refractivity contribution >= 4 is 0 Å². The van der Waals surface area contributed by atoms with E-state index in [2.05, 4.69) is 57.2 Å². The normalized spacial score (nSPS) is 11.9. The second kappa shape index (κ2) is 5.71. The van der Waals surface area contributed by atoms with E-state index in [-0.39, 0.29) is 5.92 Å². The first-order valence-electron chi connectivity index (χ1n) is 6.63. The summed E-state index contributed by atoms with van der Waals surface area (Å²) < 4.78 is 0. The molecule has 0 saturated heterocycles. The summed E-state index contributed by atoms with van der Waals surface area (Å²) in [5, 5.41) is 9.48. The van der Waals surface area contributed by atoms with Crippen molar-refractivity contribution in [2.75, 3.05) is 0 Å². The van der Waals surface area contributed by atoms with Crippen LogP contribution in [0.3, 0.4) is 0 Å². The second-order valence-electron chi connectivity index (χ2n) is 5.17. The van der Waals surface area contributed by atoms with Crippen LogP contribution in [0, 0.1) is 32.1 Å². The van der Waals surface area contributed by atoms with Crippen LogP contribution in [0.25, 0.3) is 0 Å². The summed E-state index contributed by atoms with van der Waals surface area (Å²) in [5.74, 6) is -0.0679. The van der Waals surface area contributed by atoms with Crippen LogP contribution >= 0.6 is 0 Å². The minimum Gasteiger partial charge on any atom is -0.198 e. The van der Waals surface area contributed by atoms with Gasteiger partial charge in [-0.05, 0) is 49.4 Å². The fourth-order valence-electron chi connectivity index (χ4n) is 2.44. The average molecular weight is 249 g/mol. The minimum absolute atomic E-state index is 0.0679. The molecule has 2 aromatic rings. The molecule has 1 atom stereocenters. The van der Waals surface area contributed by atoms with E-state index in [0.717, 1.165) is 12.0 Å². The van der Waals surface area contributed by atoms with Crippen molar-refractivity contribution in [3.63, 3.8) is 0 Å². The fourth-order valence-corrected chi connectivity index (χ4v) is 2.44. The molecule has 0 aliphatic heterocycles. The van der Waals surface area contributed by atoms with Crippen LogP contribution in [-0.2, 0) is 6.42 Å². The van der Waals surface area contributed by atoms with Gasteiger partial charge in [0.1, 0.15) is 0 Å². The molecule has 2 aromatic carbocycles. The van der Waals surface area contributed by atoms with E-state index in [1.165, 1.54) is 22.3 Å². The zero-order chi connectivity index (χ0) is 13.8. The van der Waals surface area contributed by atoms with Gasteiger partial charge in [0.15, 0.2) is 0 Å². The molecule has 0 saturated carbocycles. The highest BCUT2D eigenvalue weighted by Crippen LogP contribution is 2.25. The summed E-state index contributed by atoms with van der Waals surface area (Å²) in [6, 6.07) is 17.1. The molecule has 0 radical (unpaired) electrons. The minimum atomic E-state index is -0.0679. The topological polar surface area (TPSA) is 23.8 Å². The molecule has 0 aliphatic rings. The first kappa shape index (κ1) is 13.4. The van der Waals surface area contributed by atoms with Crippen molar-refractivity contribution in [2.24, 2.45) is 0 Å². The van der Waals surface area contributed by atoms with Crippen LogP contribution in [0.2, 0.25) is 0 Å². The van der Waals surface area contributed by atoms with Gasteiger partial charge in [-0.3, -0.25) is 0 Å². The van der Waals surface area contributed by atoms with E-state index < -0.39 is 0 Å². The van der Waals surface area contributed by atoms with Gasteiger partial charge >= 0.3 is 0 Å². The molecule has 19 heavy (non-hydrogen) atoms. The Morgan fingerprint density at radius 1 is 1.00 bits per heavy atom. The van der Waals surface area contributed by atoms with Gasteiger partial charge in [-0.15, -0.1) is 0 Å². The third-order valence-corrected chi connectivity index (χ3v) is 3.65. The van der Waals surface area contributed by atoms with Crippen molar-refractivity contribution in [1.82, 2.24) is 0 Å². The molecule has 0 heterocycles. The first-order chi connectivity index (χ1) is 9.11. The molecule has 0 fully saturated rings. The van der Waals surface area contributed by atoms with Crippen LogP contribution < -0.4 is 0 Å². The maximum absolute atomic E-state index is 9.48. The molecular weight excluding hydrogens is 230 g/mol. The number of rotatable bonds is 3. The van der Waals surface area contributed by atoms with Crippen molar-refractivity contribution in [3.8, 4) is 6.07 Å². The largest absolute Gasteiger partial charge is 0.198 e. The lowest BCUT2D eigenvalue weighted by molar-refractivity contribution is 0.834. The lowest BCUT2D eigenvalue weighted by Crippen LogP contribution is -2.04. The maximum atomic E-state index is 9.48.